The number of hydrogen-bond donors (Lipinski definition) is 2. The van der Waals surface area contributed by atoms with Crippen molar-refractivity contribution in [2.24, 2.45) is 5.73 Å². The Morgan fingerprint density at radius 1 is 1.41 bits per heavy atom. The highest BCUT2D eigenvalue weighted by atomic mass is 16.1. The fraction of sp³-hybridized carbons (Fsp3) is 0.923. The Balaban J connectivity index is 4.22. The first-order valence-corrected chi connectivity index (χ1v) is 6.58. The molecule has 0 radical (unpaired) electrons. The SMILES string of the molecule is CCCCN(C)CCC(C)(NC(C)C)C(N)=O. The Bertz CT molecular complexity index is 231. The van der Waals surface area contributed by atoms with Crippen LogP contribution in [0.4, 0.5) is 0 Å². The van der Waals surface area contributed by atoms with Crippen LogP contribution in [0.15, 0.2) is 0 Å². The largest absolute Gasteiger partial charge is 0.368 e. The summed E-state index contributed by atoms with van der Waals surface area (Å²) < 4.78 is 0. The molecule has 0 aromatic carbocycles. The van der Waals surface area contributed by atoms with E-state index in [1.54, 1.807) is 0 Å². The van der Waals surface area contributed by atoms with Crippen molar-refractivity contribution >= 4 is 5.91 Å². The maximum atomic E-state index is 11.5. The molecule has 4 nitrogen and oxygen atoms in total. The molecule has 0 fully saturated rings. The number of amides is 1. The van der Waals surface area contributed by atoms with Crippen LogP contribution in [0.5, 0.6) is 0 Å². The summed E-state index contributed by atoms with van der Waals surface area (Å²) in [6.45, 7) is 10.1. The molecule has 0 bridgehead atoms. The second-order valence-corrected chi connectivity index (χ2v) is 5.40. The molecule has 0 saturated carbocycles. The lowest BCUT2D eigenvalue weighted by Gasteiger charge is -2.31. The van der Waals surface area contributed by atoms with Gasteiger partial charge in [-0.2, -0.15) is 0 Å². The summed E-state index contributed by atoms with van der Waals surface area (Å²) in [5.41, 5.74) is 4.88. The van der Waals surface area contributed by atoms with E-state index in [0.29, 0.717) is 0 Å². The van der Waals surface area contributed by atoms with Crippen LogP contribution in [-0.4, -0.2) is 42.5 Å². The Kier molecular flexibility index (Phi) is 7.39. The quantitative estimate of drug-likeness (QED) is 0.643. The molecule has 0 aromatic heterocycles. The van der Waals surface area contributed by atoms with Gasteiger partial charge in [0.2, 0.25) is 5.91 Å². The zero-order chi connectivity index (χ0) is 13.5. The monoisotopic (exact) mass is 243 g/mol. The molecule has 17 heavy (non-hydrogen) atoms. The number of primary amides is 1. The van der Waals surface area contributed by atoms with Crippen LogP contribution in [0.2, 0.25) is 0 Å². The molecule has 1 atom stereocenters. The fourth-order valence-corrected chi connectivity index (χ4v) is 1.86. The highest BCUT2D eigenvalue weighted by Gasteiger charge is 2.31. The second kappa shape index (κ2) is 7.67. The lowest BCUT2D eigenvalue weighted by molar-refractivity contribution is -0.124. The lowest BCUT2D eigenvalue weighted by Crippen LogP contribution is -2.56. The van der Waals surface area contributed by atoms with E-state index in [1.807, 2.05) is 20.8 Å². The molecule has 0 rings (SSSR count). The first-order chi connectivity index (χ1) is 7.81. The van der Waals surface area contributed by atoms with E-state index in [9.17, 15) is 4.79 Å². The summed E-state index contributed by atoms with van der Waals surface area (Å²) in [6.07, 6.45) is 3.14. The van der Waals surface area contributed by atoms with Crippen LogP contribution in [0.3, 0.4) is 0 Å². The van der Waals surface area contributed by atoms with Crippen LogP contribution >= 0.6 is 0 Å². The van der Waals surface area contributed by atoms with Crippen molar-refractivity contribution in [1.29, 1.82) is 0 Å². The maximum absolute atomic E-state index is 11.5. The Hall–Kier alpha value is -0.610. The minimum absolute atomic E-state index is 0.258. The molecule has 0 aliphatic rings. The number of unbranched alkanes of at least 4 members (excludes halogenated alkanes) is 1. The maximum Gasteiger partial charge on any atom is 0.237 e. The fourth-order valence-electron chi connectivity index (χ4n) is 1.86. The van der Waals surface area contributed by atoms with Gasteiger partial charge in [0, 0.05) is 12.6 Å². The predicted molar refractivity (Wildman–Crippen MR) is 72.9 cm³/mol. The predicted octanol–water partition coefficient (Wildman–Crippen LogP) is 1.35. The van der Waals surface area contributed by atoms with Crippen LogP contribution in [0.1, 0.15) is 47.0 Å². The van der Waals surface area contributed by atoms with Crippen LogP contribution < -0.4 is 11.1 Å². The molecule has 0 aliphatic carbocycles. The number of hydrogen-bond acceptors (Lipinski definition) is 3. The van der Waals surface area contributed by atoms with E-state index in [2.05, 4.69) is 24.2 Å². The molecule has 102 valence electrons. The van der Waals surface area contributed by atoms with Gasteiger partial charge in [0.25, 0.3) is 0 Å². The lowest BCUT2D eigenvalue weighted by atomic mass is 9.95. The van der Waals surface area contributed by atoms with Crippen LogP contribution in [0, 0.1) is 0 Å². The zero-order valence-electron chi connectivity index (χ0n) is 12.0. The third-order valence-corrected chi connectivity index (χ3v) is 3.04. The van der Waals surface area contributed by atoms with Crippen molar-refractivity contribution in [3.8, 4) is 0 Å². The van der Waals surface area contributed by atoms with Crippen molar-refractivity contribution in [1.82, 2.24) is 10.2 Å². The molecule has 0 aliphatic heterocycles. The van der Waals surface area contributed by atoms with Gasteiger partial charge >= 0.3 is 0 Å². The third-order valence-electron chi connectivity index (χ3n) is 3.04. The van der Waals surface area contributed by atoms with Gasteiger partial charge in [-0.3, -0.25) is 4.79 Å². The van der Waals surface area contributed by atoms with Crippen molar-refractivity contribution in [2.75, 3.05) is 20.1 Å². The van der Waals surface area contributed by atoms with E-state index in [-0.39, 0.29) is 11.9 Å². The highest BCUT2D eigenvalue weighted by Crippen LogP contribution is 2.11. The summed E-state index contributed by atoms with van der Waals surface area (Å²) in [5, 5.41) is 3.27. The Labute approximate surface area is 106 Å². The molecular formula is C13H29N3O. The summed E-state index contributed by atoms with van der Waals surface area (Å²) in [5.74, 6) is -0.268. The van der Waals surface area contributed by atoms with Gasteiger partial charge < -0.3 is 16.0 Å². The number of carbonyl (C=O) groups excluding carboxylic acids is 1. The second-order valence-electron chi connectivity index (χ2n) is 5.40. The topological polar surface area (TPSA) is 58.4 Å². The van der Waals surface area contributed by atoms with E-state index in [0.717, 1.165) is 19.5 Å². The molecule has 4 heteroatoms. The normalized spacial score (nSPS) is 15.2. The van der Waals surface area contributed by atoms with Crippen molar-refractivity contribution in [2.45, 2.75) is 58.5 Å². The molecule has 1 unspecified atom stereocenters. The highest BCUT2D eigenvalue weighted by molar-refractivity contribution is 5.84. The smallest absolute Gasteiger partial charge is 0.237 e. The minimum Gasteiger partial charge on any atom is -0.368 e. The molecular weight excluding hydrogens is 214 g/mol. The standard InChI is InChI=1S/C13H29N3O/c1-6-7-9-16(5)10-8-13(4,12(14)17)15-11(2)3/h11,15H,6-10H2,1-5H3,(H2,14,17). The van der Waals surface area contributed by atoms with Gasteiger partial charge in [-0.1, -0.05) is 13.3 Å². The summed E-state index contributed by atoms with van der Waals surface area (Å²) in [4.78, 5) is 13.8. The molecule has 1 amide bonds. The van der Waals surface area contributed by atoms with Gasteiger partial charge in [0.05, 0.1) is 5.54 Å². The molecule has 0 spiro atoms. The first-order valence-electron chi connectivity index (χ1n) is 6.58. The van der Waals surface area contributed by atoms with Gasteiger partial charge in [-0.25, -0.2) is 0 Å². The number of nitrogens with one attached hydrogen (secondary N) is 1. The zero-order valence-corrected chi connectivity index (χ0v) is 12.0. The van der Waals surface area contributed by atoms with Crippen LogP contribution in [-0.2, 0) is 4.79 Å². The van der Waals surface area contributed by atoms with E-state index >= 15 is 0 Å². The number of carbonyl (C=O) groups is 1. The third kappa shape index (κ3) is 6.64. The average molecular weight is 243 g/mol. The number of nitrogens with two attached hydrogens (primary N) is 1. The van der Waals surface area contributed by atoms with Gasteiger partial charge in [-0.15, -0.1) is 0 Å². The number of rotatable bonds is 9. The van der Waals surface area contributed by atoms with Crippen molar-refractivity contribution in [3.63, 3.8) is 0 Å². The molecule has 0 heterocycles. The van der Waals surface area contributed by atoms with Crippen LogP contribution in [0.25, 0.3) is 0 Å². The van der Waals surface area contributed by atoms with Gasteiger partial charge in [0.15, 0.2) is 0 Å². The summed E-state index contributed by atoms with van der Waals surface area (Å²) >= 11 is 0. The molecule has 0 saturated heterocycles. The van der Waals surface area contributed by atoms with E-state index in [1.165, 1.54) is 12.8 Å². The van der Waals surface area contributed by atoms with Gasteiger partial charge in [0.1, 0.15) is 0 Å². The summed E-state index contributed by atoms with van der Waals surface area (Å²) in [6, 6.07) is 0.258. The first kappa shape index (κ1) is 16.4. The van der Waals surface area contributed by atoms with E-state index < -0.39 is 5.54 Å². The minimum atomic E-state index is -0.603. The summed E-state index contributed by atoms with van der Waals surface area (Å²) in [7, 11) is 2.09. The molecule has 0 aromatic rings. The van der Waals surface area contributed by atoms with Crippen molar-refractivity contribution < 1.29 is 4.79 Å². The van der Waals surface area contributed by atoms with Crippen molar-refractivity contribution in [3.05, 3.63) is 0 Å². The average Bonchev–Trinajstić information content (AvgIpc) is 2.22. The Morgan fingerprint density at radius 3 is 2.41 bits per heavy atom. The van der Waals surface area contributed by atoms with Gasteiger partial charge in [-0.05, 0) is 47.2 Å². The molecule has 3 N–H and O–H groups in total. The van der Waals surface area contributed by atoms with E-state index in [4.69, 9.17) is 5.73 Å². The number of nitrogens with zero attached hydrogens (tertiary/aromatic N) is 1. The Morgan fingerprint density at radius 2 is 2.00 bits per heavy atom.